The monoisotopic (exact) mass is 454 g/mol. The zero-order chi connectivity index (χ0) is 22.9. The summed E-state index contributed by atoms with van der Waals surface area (Å²) in [7, 11) is 1.33. The SMILES string of the molecule is CN(C)S(=O)(=O)c1ccc2c(c1)cc(C(=O)NC1CCN(Cc3ccccc3)CC1)n2C. The molecule has 1 fully saturated rings. The number of hydrogen-bond acceptors (Lipinski definition) is 4. The van der Waals surface area contributed by atoms with Gasteiger partial charge in [-0.05, 0) is 42.7 Å². The van der Waals surface area contributed by atoms with E-state index in [1.807, 2.05) is 17.7 Å². The molecular weight excluding hydrogens is 424 g/mol. The Morgan fingerprint density at radius 3 is 2.41 bits per heavy atom. The first-order chi connectivity index (χ1) is 15.3. The van der Waals surface area contributed by atoms with E-state index in [0.29, 0.717) is 5.69 Å². The minimum Gasteiger partial charge on any atom is -0.348 e. The molecule has 7 nitrogen and oxygen atoms in total. The number of likely N-dealkylation sites (tertiary alicyclic amines) is 1. The number of piperidine rings is 1. The Hall–Kier alpha value is -2.68. The van der Waals surface area contributed by atoms with Crippen molar-refractivity contribution in [2.45, 2.75) is 30.3 Å². The van der Waals surface area contributed by atoms with E-state index >= 15 is 0 Å². The van der Waals surface area contributed by atoms with Crippen LogP contribution >= 0.6 is 0 Å². The summed E-state index contributed by atoms with van der Waals surface area (Å²) in [6.45, 7) is 2.82. The van der Waals surface area contributed by atoms with Crippen LogP contribution in [0.5, 0.6) is 0 Å². The average molecular weight is 455 g/mol. The van der Waals surface area contributed by atoms with Crippen LogP contribution in [0.25, 0.3) is 10.9 Å². The van der Waals surface area contributed by atoms with Gasteiger partial charge in [0.1, 0.15) is 5.69 Å². The summed E-state index contributed by atoms with van der Waals surface area (Å²) in [4.78, 5) is 15.6. The predicted molar refractivity (Wildman–Crippen MR) is 126 cm³/mol. The zero-order valence-corrected chi connectivity index (χ0v) is 19.6. The Morgan fingerprint density at radius 2 is 1.75 bits per heavy atom. The van der Waals surface area contributed by atoms with Gasteiger partial charge in [0.05, 0.1) is 4.90 Å². The van der Waals surface area contributed by atoms with E-state index in [-0.39, 0.29) is 16.8 Å². The predicted octanol–water partition coefficient (Wildman–Crippen LogP) is 2.82. The van der Waals surface area contributed by atoms with E-state index in [1.54, 1.807) is 24.3 Å². The Bertz CT molecular complexity index is 1210. The smallest absolute Gasteiger partial charge is 0.268 e. The number of fused-ring (bicyclic) bond motifs is 1. The number of hydrogen-bond donors (Lipinski definition) is 1. The van der Waals surface area contributed by atoms with Crippen LogP contribution in [0.4, 0.5) is 0 Å². The molecule has 0 saturated carbocycles. The molecule has 2 aromatic carbocycles. The normalized spacial score (nSPS) is 16.0. The maximum absolute atomic E-state index is 13.0. The van der Waals surface area contributed by atoms with Gasteiger partial charge in [-0.1, -0.05) is 30.3 Å². The summed E-state index contributed by atoms with van der Waals surface area (Å²) in [6, 6.07) is 17.3. The highest BCUT2D eigenvalue weighted by Crippen LogP contribution is 2.24. The third kappa shape index (κ3) is 4.57. The number of amides is 1. The summed E-state index contributed by atoms with van der Waals surface area (Å²) in [5.41, 5.74) is 2.66. The molecule has 32 heavy (non-hydrogen) atoms. The average Bonchev–Trinajstić information content (AvgIpc) is 3.12. The molecule has 2 heterocycles. The zero-order valence-electron chi connectivity index (χ0n) is 18.8. The van der Waals surface area contributed by atoms with Crippen molar-refractivity contribution in [3.05, 3.63) is 65.9 Å². The molecule has 4 rings (SSSR count). The molecule has 0 spiro atoms. The van der Waals surface area contributed by atoms with Crippen LogP contribution in [0.2, 0.25) is 0 Å². The summed E-state index contributed by atoms with van der Waals surface area (Å²) in [6.07, 6.45) is 1.82. The second kappa shape index (κ2) is 9.05. The first-order valence-corrected chi connectivity index (χ1v) is 12.3. The highest BCUT2D eigenvalue weighted by atomic mass is 32.2. The van der Waals surface area contributed by atoms with Crippen LogP contribution < -0.4 is 5.32 Å². The van der Waals surface area contributed by atoms with Gasteiger partial charge in [-0.25, -0.2) is 12.7 Å². The maximum atomic E-state index is 13.0. The number of nitrogens with zero attached hydrogens (tertiary/aromatic N) is 3. The number of aromatic nitrogens is 1. The molecule has 1 aliphatic heterocycles. The number of carbonyl (C=O) groups excluding carboxylic acids is 1. The number of benzene rings is 2. The minimum atomic E-state index is -3.52. The van der Waals surface area contributed by atoms with Crippen LogP contribution in [0.1, 0.15) is 28.9 Å². The Balaban J connectivity index is 1.42. The number of sulfonamides is 1. The Morgan fingerprint density at radius 1 is 1.06 bits per heavy atom. The summed E-state index contributed by atoms with van der Waals surface area (Å²) in [5.74, 6) is -0.123. The molecule has 0 atom stereocenters. The molecule has 0 bridgehead atoms. The van der Waals surface area contributed by atoms with Crippen LogP contribution in [-0.4, -0.2) is 61.3 Å². The first-order valence-electron chi connectivity index (χ1n) is 10.8. The van der Waals surface area contributed by atoms with Gasteiger partial charge in [0.2, 0.25) is 10.0 Å². The third-order valence-corrected chi connectivity index (χ3v) is 8.01. The number of aryl methyl sites for hydroxylation is 1. The fraction of sp³-hybridized carbons (Fsp3) is 0.375. The standard InChI is InChI=1S/C24H30N4O3S/c1-26(2)32(30,31)21-9-10-22-19(15-21)16-23(27(22)3)24(29)25-20-11-13-28(14-12-20)17-18-7-5-4-6-8-18/h4-10,15-16,20H,11-14,17H2,1-3H3,(H,25,29). The van der Waals surface area contributed by atoms with Crippen molar-refractivity contribution in [2.75, 3.05) is 27.2 Å². The second-order valence-electron chi connectivity index (χ2n) is 8.61. The van der Waals surface area contributed by atoms with E-state index in [4.69, 9.17) is 0 Å². The molecule has 1 amide bonds. The van der Waals surface area contributed by atoms with Gasteiger partial charge in [0.25, 0.3) is 5.91 Å². The molecule has 1 aromatic heterocycles. The number of carbonyl (C=O) groups is 1. The summed E-state index contributed by atoms with van der Waals surface area (Å²) < 4.78 is 27.9. The van der Waals surface area contributed by atoms with Gasteiger partial charge in [-0.3, -0.25) is 9.69 Å². The van der Waals surface area contributed by atoms with Gasteiger partial charge in [-0.15, -0.1) is 0 Å². The maximum Gasteiger partial charge on any atom is 0.268 e. The molecule has 8 heteroatoms. The van der Waals surface area contributed by atoms with Gasteiger partial charge in [0.15, 0.2) is 0 Å². The van der Waals surface area contributed by atoms with Gasteiger partial charge >= 0.3 is 0 Å². The summed E-state index contributed by atoms with van der Waals surface area (Å²) in [5, 5.41) is 3.91. The van der Waals surface area contributed by atoms with E-state index < -0.39 is 10.0 Å². The molecule has 170 valence electrons. The van der Waals surface area contributed by atoms with Crippen LogP contribution in [0.15, 0.2) is 59.5 Å². The second-order valence-corrected chi connectivity index (χ2v) is 10.8. The molecule has 1 N–H and O–H groups in total. The highest BCUT2D eigenvalue weighted by Gasteiger charge is 2.24. The Kier molecular flexibility index (Phi) is 6.37. The molecule has 1 aliphatic rings. The lowest BCUT2D eigenvalue weighted by atomic mass is 10.0. The lowest BCUT2D eigenvalue weighted by molar-refractivity contribution is 0.0901. The molecular formula is C24H30N4O3S. The third-order valence-electron chi connectivity index (χ3n) is 6.20. The highest BCUT2D eigenvalue weighted by molar-refractivity contribution is 7.89. The van der Waals surface area contributed by atoms with Crippen molar-refractivity contribution in [1.29, 1.82) is 0 Å². The van der Waals surface area contributed by atoms with Crippen molar-refractivity contribution in [1.82, 2.24) is 19.1 Å². The van der Waals surface area contributed by atoms with E-state index in [2.05, 4.69) is 34.5 Å². The van der Waals surface area contributed by atoms with Crippen LogP contribution in [-0.2, 0) is 23.6 Å². The van der Waals surface area contributed by atoms with Crippen molar-refractivity contribution >= 4 is 26.8 Å². The Labute approximate surface area is 189 Å². The topological polar surface area (TPSA) is 74.7 Å². The van der Waals surface area contributed by atoms with Crippen LogP contribution in [0, 0.1) is 0 Å². The van der Waals surface area contributed by atoms with Gasteiger partial charge in [-0.2, -0.15) is 0 Å². The minimum absolute atomic E-state index is 0.123. The van der Waals surface area contributed by atoms with E-state index in [0.717, 1.165) is 43.4 Å². The molecule has 0 aliphatic carbocycles. The van der Waals surface area contributed by atoms with Crippen LogP contribution in [0.3, 0.4) is 0 Å². The van der Waals surface area contributed by atoms with E-state index in [1.165, 1.54) is 24.0 Å². The molecule has 1 saturated heterocycles. The van der Waals surface area contributed by atoms with Gasteiger partial charge in [0, 0.05) is 57.7 Å². The largest absolute Gasteiger partial charge is 0.348 e. The van der Waals surface area contributed by atoms with Gasteiger partial charge < -0.3 is 9.88 Å². The van der Waals surface area contributed by atoms with Crippen molar-refractivity contribution in [2.24, 2.45) is 7.05 Å². The van der Waals surface area contributed by atoms with E-state index in [9.17, 15) is 13.2 Å². The molecule has 0 radical (unpaired) electrons. The molecule has 0 unspecified atom stereocenters. The fourth-order valence-electron chi connectivity index (χ4n) is 4.25. The van der Waals surface area contributed by atoms with Crippen molar-refractivity contribution in [3.8, 4) is 0 Å². The first kappa shape index (κ1) is 22.5. The molecule has 3 aromatic rings. The number of rotatable bonds is 6. The van der Waals surface area contributed by atoms with Crippen molar-refractivity contribution in [3.63, 3.8) is 0 Å². The fourth-order valence-corrected chi connectivity index (χ4v) is 5.19. The quantitative estimate of drug-likeness (QED) is 0.622. The lowest BCUT2D eigenvalue weighted by Crippen LogP contribution is -2.44. The van der Waals surface area contributed by atoms with Crippen molar-refractivity contribution < 1.29 is 13.2 Å². The lowest BCUT2D eigenvalue weighted by Gasteiger charge is -2.32. The summed E-state index contributed by atoms with van der Waals surface area (Å²) >= 11 is 0. The number of nitrogens with one attached hydrogen (secondary N) is 1.